The summed E-state index contributed by atoms with van der Waals surface area (Å²) < 4.78 is 0. The van der Waals surface area contributed by atoms with Crippen molar-refractivity contribution in [2.45, 2.75) is 33.1 Å². The lowest BCUT2D eigenvalue weighted by atomic mass is 10.0. The first kappa shape index (κ1) is 12.6. The van der Waals surface area contributed by atoms with Crippen LogP contribution in [0, 0.1) is 6.92 Å². The van der Waals surface area contributed by atoms with Crippen molar-refractivity contribution in [3.8, 4) is 0 Å². The fourth-order valence-electron chi connectivity index (χ4n) is 1.79. The van der Waals surface area contributed by atoms with Crippen molar-refractivity contribution in [2.75, 3.05) is 11.9 Å². The first-order valence-corrected chi connectivity index (χ1v) is 5.69. The van der Waals surface area contributed by atoms with Gasteiger partial charge in [0.2, 0.25) is 0 Å². The van der Waals surface area contributed by atoms with Crippen LogP contribution in [0.3, 0.4) is 0 Å². The van der Waals surface area contributed by atoms with E-state index in [1.54, 1.807) is 4.90 Å². The predicted octanol–water partition coefficient (Wildman–Crippen LogP) is 3.19. The summed E-state index contributed by atoms with van der Waals surface area (Å²) in [7, 11) is 1.87. The third kappa shape index (κ3) is 3.26. The smallest absolute Gasteiger partial charge is 0.135 e. The molecule has 0 saturated heterocycles. The second kappa shape index (κ2) is 6.16. The van der Waals surface area contributed by atoms with Gasteiger partial charge in [-0.2, -0.15) is 0 Å². The summed E-state index contributed by atoms with van der Waals surface area (Å²) in [5.41, 5.74) is 3.64. The molecule has 0 aromatic heterocycles. The van der Waals surface area contributed by atoms with Gasteiger partial charge in [0.15, 0.2) is 0 Å². The van der Waals surface area contributed by atoms with Crippen LogP contribution >= 0.6 is 0 Å². The van der Waals surface area contributed by atoms with E-state index in [9.17, 15) is 0 Å². The molecule has 0 atom stereocenters. The Kier molecular flexibility index (Phi) is 4.83. The maximum absolute atomic E-state index is 8.49. The summed E-state index contributed by atoms with van der Waals surface area (Å²) in [6.07, 6.45) is 4.98. The SMILES string of the molecule is CCCCc1ccc(N(C)/C=N\O)c(C)c1. The van der Waals surface area contributed by atoms with Crippen LogP contribution in [0.2, 0.25) is 0 Å². The van der Waals surface area contributed by atoms with Crippen LogP contribution in [0.1, 0.15) is 30.9 Å². The van der Waals surface area contributed by atoms with Crippen LogP contribution < -0.4 is 4.90 Å². The highest BCUT2D eigenvalue weighted by Crippen LogP contribution is 2.20. The van der Waals surface area contributed by atoms with E-state index in [0.29, 0.717) is 0 Å². The average Bonchev–Trinajstić information content (AvgIpc) is 2.26. The minimum atomic E-state index is 1.07. The topological polar surface area (TPSA) is 35.8 Å². The van der Waals surface area contributed by atoms with Crippen LogP contribution in [0.15, 0.2) is 23.4 Å². The molecule has 0 aliphatic carbocycles. The quantitative estimate of drug-likeness (QED) is 0.358. The third-order valence-electron chi connectivity index (χ3n) is 2.69. The third-order valence-corrected chi connectivity index (χ3v) is 2.69. The van der Waals surface area contributed by atoms with Crippen molar-refractivity contribution in [3.63, 3.8) is 0 Å². The van der Waals surface area contributed by atoms with E-state index in [0.717, 1.165) is 12.1 Å². The Hall–Kier alpha value is -1.51. The lowest BCUT2D eigenvalue weighted by Crippen LogP contribution is -2.15. The van der Waals surface area contributed by atoms with E-state index in [1.165, 1.54) is 30.3 Å². The van der Waals surface area contributed by atoms with Gasteiger partial charge in [0.25, 0.3) is 0 Å². The Morgan fingerprint density at radius 2 is 2.19 bits per heavy atom. The molecule has 0 amide bonds. The van der Waals surface area contributed by atoms with Crippen molar-refractivity contribution in [1.29, 1.82) is 0 Å². The Bertz CT molecular complexity index is 361. The number of hydrogen-bond donors (Lipinski definition) is 1. The molecule has 0 fully saturated rings. The van der Waals surface area contributed by atoms with Crippen LogP contribution in [0.4, 0.5) is 5.69 Å². The minimum absolute atomic E-state index is 1.07. The number of hydrogen-bond acceptors (Lipinski definition) is 2. The van der Waals surface area contributed by atoms with Crippen molar-refractivity contribution in [2.24, 2.45) is 5.16 Å². The van der Waals surface area contributed by atoms with E-state index >= 15 is 0 Å². The molecule has 0 heterocycles. The molecule has 0 aliphatic rings. The fourth-order valence-corrected chi connectivity index (χ4v) is 1.79. The van der Waals surface area contributed by atoms with Gasteiger partial charge in [-0.3, -0.25) is 0 Å². The molecule has 0 aliphatic heterocycles. The van der Waals surface area contributed by atoms with Gasteiger partial charge in [-0.15, -0.1) is 0 Å². The largest absolute Gasteiger partial charge is 0.410 e. The van der Waals surface area contributed by atoms with E-state index in [2.05, 4.69) is 37.2 Å². The molecule has 0 unspecified atom stereocenters. The number of unbranched alkanes of at least 4 members (excludes halogenated alkanes) is 1. The van der Waals surface area contributed by atoms with Gasteiger partial charge < -0.3 is 10.1 Å². The molecular weight excluding hydrogens is 200 g/mol. The fraction of sp³-hybridized carbons (Fsp3) is 0.462. The van der Waals surface area contributed by atoms with E-state index in [1.807, 2.05) is 7.05 Å². The minimum Gasteiger partial charge on any atom is -0.410 e. The average molecular weight is 220 g/mol. The first-order chi connectivity index (χ1) is 7.69. The van der Waals surface area contributed by atoms with E-state index in [-0.39, 0.29) is 0 Å². The summed E-state index contributed by atoms with van der Waals surface area (Å²) in [6.45, 7) is 4.28. The molecule has 0 bridgehead atoms. The van der Waals surface area contributed by atoms with Crippen molar-refractivity contribution in [1.82, 2.24) is 0 Å². The number of nitrogens with zero attached hydrogens (tertiary/aromatic N) is 2. The van der Waals surface area contributed by atoms with Crippen molar-refractivity contribution >= 4 is 12.0 Å². The zero-order valence-corrected chi connectivity index (χ0v) is 10.3. The predicted molar refractivity (Wildman–Crippen MR) is 68.5 cm³/mol. The highest BCUT2D eigenvalue weighted by molar-refractivity contribution is 5.79. The first-order valence-electron chi connectivity index (χ1n) is 5.69. The summed E-state index contributed by atoms with van der Waals surface area (Å²) in [5.74, 6) is 0. The summed E-state index contributed by atoms with van der Waals surface area (Å²) in [6, 6.07) is 6.41. The number of aryl methyl sites for hydroxylation is 2. The Morgan fingerprint density at radius 3 is 2.75 bits per heavy atom. The number of rotatable bonds is 5. The number of oxime groups is 1. The zero-order chi connectivity index (χ0) is 12.0. The maximum atomic E-state index is 8.49. The van der Waals surface area contributed by atoms with Gasteiger partial charge in [-0.05, 0) is 37.0 Å². The highest BCUT2D eigenvalue weighted by atomic mass is 16.4. The molecule has 1 aromatic rings. The lowest BCUT2D eigenvalue weighted by molar-refractivity contribution is 0.321. The molecular formula is C13H20N2O. The standard InChI is InChI=1S/C13H20N2O/c1-4-5-6-12-7-8-13(11(2)9-12)15(3)10-14-16/h7-10,16H,4-6H2,1-3H3/b14-10-. The van der Waals surface area contributed by atoms with Gasteiger partial charge in [0, 0.05) is 12.7 Å². The molecule has 88 valence electrons. The van der Waals surface area contributed by atoms with Crippen LogP contribution in [-0.2, 0) is 6.42 Å². The zero-order valence-electron chi connectivity index (χ0n) is 10.3. The van der Waals surface area contributed by atoms with Gasteiger partial charge in [-0.1, -0.05) is 30.6 Å². The van der Waals surface area contributed by atoms with Crippen molar-refractivity contribution in [3.05, 3.63) is 29.3 Å². The second-order valence-corrected chi connectivity index (χ2v) is 4.07. The van der Waals surface area contributed by atoms with Crippen LogP contribution in [0.5, 0.6) is 0 Å². The van der Waals surface area contributed by atoms with Crippen LogP contribution in [-0.4, -0.2) is 18.6 Å². The summed E-state index contributed by atoms with van der Waals surface area (Å²) in [5, 5.41) is 11.5. The van der Waals surface area contributed by atoms with E-state index in [4.69, 9.17) is 5.21 Å². The van der Waals surface area contributed by atoms with Crippen LogP contribution in [0.25, 0.3) is 0 Å². The Balaban J connectivity index is 2.82. The molecule has 16 heavy (non-hydrogen) atoms. The number of benzene rings is 1. The second-order valence-electron chi connectivity index (χ2n) is 4.07. The monoisotopic (exact) mass is 220 g/mol. The van der Waals surface area contributed by atoms with Gasteiger partial charge >= 0.3 is 0 Å². The molecule has 1 N–H and O–H groups in total. The lowest BCUT2D eigenvalue weighted by Gasteiger charge is -2.16. The Morgan fingerprint density at radius 1 is 1.44 bits per heavy atom. The van der Waals surface area contributed by atoms with E-state index < -0.39 is 0 Å². The molecule has 0 saturated carbocycles. The molecule has 3 nitrogen and oxygen atoms in total. The molecule has 0 spiro atoms. The Labute approximate surface area is 97.4 Å². The van der Waals surface area contributed by atoms with Crippen molar-refractivity contribution < 1.29 is 5.21 Å². The van der Waals surface area contributed by atoms with Gasteiger partial charge in [-0.25, -0.2) is 0 Å². The summed E-state index contributed by atoms with van der Waals surface area (Å²) in [4.78, 5) is 1.80. The summed E-state index contributed by atoms with van der Waals surface area (Å²) >= 11 is 0. The maximum Gasteiger partial charge on any atom is 0.135 e. The number of anilines is 1. The van der Waals surface area contributed by atoms with Gasteiger partial charge in [0.05, 0.1) is 0 Å². The molecule has 0 radical (unpaired) electrons. The van der Waals surface area contributed by atoms with Gasteiger partial charge in [0.1, 0.15) is 6.34 Å². The molecule has 1 aromatic carbocycles. The normalized spacial score (nSPS) is 10.9. The highest BCUT2D eigenvalue weighted by Gasteiger charge is 2.03. The molecule has 3 heteroatoms. The molecule has 1 rings (SSSR count).